The Bertz CT molecular complexity index is 811. The third-order valence-corrected chi connectivity index (χ3v) is 3.50. The van der Waals surface area contributed by atoms with Gasteiger partial charge in [0.05, 0.1) is 22.8 Å². The average molecular weight is 353 g/mol. The highest BCUT2D eigenvalue weighted by Gasteiger charge is 2.20. The zero-order chi connectivity index (χ0) is 17.9. The molecule has 0 saturated carbocycles. The summed E-state index contributed by atoms with van der Waals surface area (Å²) in [5, 5.41) is 13.9. The lowest BCUT2D eigenvalue weighted by atomic mass is 10.1. The van der Waals surface area contributed by atoms with Crippen LogP contribution < -0.4 is 10.1 Å². The number of nitro groups is 1. The van der Waals surface area contributed by atoms with Gasteiger partial charge in [0, 0.05) is 16.7 Å². The first-order chi connectivity index (χ1) is 11.3. The van der Waals surface area contributed by atoms with Crippen LogP contribution in [-0.2, 0) is 0 Å². The Morgan fingerprint density at radius 1 is 1.38 bits per heavy atom. The van der Waals surface area contributed by atoms with Crippen LogP contribution in [0.15, 0.2) is 30.3 Å². The number of halogens is 2. The maximum atomic E-state index is 13.8. The van der Waals surface area contributed by atoms with E-state index in [0.29, 0.717) is 17.4 Å². The van der Waals surface area contributed by atoms with Gasteiger partial charge in [-0.3, -0.25) is 14.9 Å². The fourth-order valence-electron chi connectivity index (χ4n) is 2.06. The average Bonchev–Trinajstić information content (AvgIpc) is 2.52. The van der Waals surface area contributed by atoms with Crippen LogP contribution in [-0.4, -0.2) is 17.4 Å². The van der Waals surface area contributed by atoms with E-state index in [1.807, 2.05) is 0 Å². The van der Waals surface area contributed by atoms with Crippen LogP contribution in [0.2, 0.25) is 5.02 Å². The number of nitro benzene ring substituents is 1. The molecule has 0 aliphatic heterocycles. The minimum absolute atomic E-state index is 0.130. The van der Waals surface area contributed by atoms with Gasteiger partial charge < -0.3 is 10.1 Å². The number of amides is 1. The van der Waals surface area contributed by atoms with Crippen LogP contribution in [0.3, 0.4) is 0 Å². The molecule has 0 aromatic heterocycles. The molecule has 8 heteroatoms. The zero-order valence-electron chi connectivity index (χ0n) is 12.9. The predicted octanol–water partition coefficient (Wildman–Crippen LogP) is 4.35. The Balaban J connectivity index is 2.37. The fraction of sp³-hybridized carbons (Fsp3) is 0.188. The highest BCUT2D eigenvalue weighted by Crippen LogP contribution is 2.29. The number of hydrogen-bond acceptors (Lipinski definition) is 4. The van der Waals surface area contributed by atoms with Gasteiger partial charge in [-0.1, -0.05) is 11.6 Å². The van der Waals surface area contributed by atoms with Crippen molar-refractivity contribution in [3.63, 3.8) is 0 Å². The van der Waals surface area contributed by atoms with Crippen LogP contribution in [0.4, 0.5) is 15.8 Å². The normalized spacial score (nSPS) is 10.3. The van der Waals surface area contributed by atoms with Gasteiger partial charge in [-0.15, -0.1) is 0 Å². The summed E-state index contributed by atoms with van der Waals surface area (Å²) in [5.74, 6) is -1.15. The third kappa shape index (κ3) is 3.80. The van der Waals surface area contributed by atoms with Crippen molar-refractivity contribution in [2.24, 2.45) is 0 Å². The molecule has 2 rings (SSSR count). The minimum atomic E-state index is -0.828. The Morgan fingerprint density at radius 3 is 2.71 bits per heavy atom. The van der Waals surface area contributed by atoms with Gasteiger partial charge in [0.25, 0.3) is 11.6 Å². The molecule has 126 valence electrons. The fourth-order valence-corrected chi connectivity index (χ4v) is 2.23. The summed E-state index contributed by atoms with van der Waals surface area (Å²) < 4.78 is 19.2. The number of hydrogen-bond donors (Lipinski definition) is 1. The molecule has 0 aliphatic carbocycles. The maximum Gasteiger partial charge on any atom is 0.276 e. The summed E-state index contributed by atoms with van der Waals surface area (Å²) in [6.45, 7) is 3.42. The third-order valence-electron chi connectivity index (χ3n) is 3.27. The second-order valence-electron chi connectivity index (χ2n) is 4.89. The quantitative estimate of drug-likeness (QED) is 0.640. The molecule has 0 saturated heterocycles. The van der Waals surface area contributed by atoms with Gasteiger partial charge in [-0.2, -0.15) is 0 Å². The summed E-state index contributed by atoms with van der Waals surface area (Å²) in [5.41, 5.74) is -0.476. The Kier molecular flexibility index (Phi) is 5.35. The van der Waals surface area contributed by atoms with Crippen molar-refractivity contribution in [3.8, 4) is 5.75 Å². The molecule has 0 atom stereocenters. The van der Waals surface area contributed by atoms with E-state index in [9.17, 15) is 19.3 Å². The van der Waals surface area contributed by atoms with Gasteiger partial charge >= 0.3 is 0 Å². The molecule has 6 nitrogen and oxygen atoms in total. The van der Waals surface area contributed by atoms with Crippen LogP contribution in [0, 0.1) is 22.9 Å². The molecule has 24 heavy (non-hydrogen) atoms. The van der Waals surface area contributed by atoms with Crippen molar-refractivity contribution in [2.45, 2.75) is 13.8 Å². The second-order valence-corrected chi connectivity index (χ2v) is 5.32. The van der Waals surface area contributed by atoms with E-state index in [4.69, 9.17) is 16.3 Å². The zero-order valence-corrected chi connectivity index (χ0v) is 13.7. The van der Waals surface area contributed by atoms with E-state index in [1.165, 1.54) is 13.0 Å². The molecular weight excluding hydrogens is 339 g/mol. The number of carbonyl (C=O) groups is 1. The predicted molar refractivity (Wildman–Crippen MR) is 88.4 cm³/mol. The molecule has 1 amide bonds. The number of ether oxygens (including phenoxy) is 1. The van der Waals surface area contributed by atoms with Crippen molar-refractivity contribution in [3.05, 3.63) is 62.4 Å². The molecule has 0 unspecified atom stereocenters. The van der Waals surface area contributed by atoms with E-state index in [-0.39, 0.29) is 16.8 Å². The first-order valence-electron chi connectivity index (χ1n) is 7.01. The van der Waals surface area contributed by atoms with Gasteiger partial charge in [0.1, 0.15) is 11.6 Å². The van der Waals surface area contributed by atoms with Crippen molar-refractivity contribution in [1.82, 2.24) is 0 Å². The summed E-state index contributed by atoms with van der Waals surface area (Å²) in [6.07, 6.45) is 0. The molecule has 1 N–H and O–H groups in total. The Hall–Kier alpha value is -2.67. The van der Waals surface area contributed by atoms with Crippen molar-refractivity contribution >= 4 is 28.9 Å². The summed E-state index contributed by atoms with van der Waals surface area (Å²) in [6, 6.07) is 6.63. The van der Waals surface area contributed by atoms with Crippen LogP contribution in [0.25, 0.3) is 0 Å². The van der Waals surface area contributed by atoms with E-state index < -0.39 is 22.3 Å². The Labute approximate surface area is 142 Å². The lowest BCUT2D eigenvalue weighted by Crippen LogP contribution is -2.14. The standard InChI is InChI=1S/C16H14ClFN2O4/c1-3-24-15-5-4-11(17)8-13(15)19-16(21)10-6-12(18)9(2)14(7-10)20(22)23/h4-8H,3H2,1-2H3,(H,19,21). The number of rotatable bonds is 5. The first-order valence-corrected chi connectivity index (χ1v) is 7.39. The number of nitrogens with zero attached hydrogens (tertiary/aromatic N) is 1. The highest BCUT2D eigenvalue weighted by molar-refractivity contribution is 6.31. The summed E-state index contributed by atoms with van der Waals surface area (Å²) in [7, 11) is 0. The molecule has 0 bridgehead atoms. The van der Waals surface area contributed by atoms with E-state index in [1.54, 1.807) is 19.1 Å². The van der Waals surface area contributed by atoms with Crippen molar-refractivity contribution in [1.29, 1.82) is 0 Å². The van der Waals surface area contributed by atoms with Gasteiger partial charge in [-0.25, -0.2) is 4.39 Å². The molecule has 0 heterocycles. The van der Waals surface area contributed by atoms with Gasteiger partial charge in [0.2, 0.25) is 0 Å². The molecule has 0 aliphatic rings. The SMILES string of the molecule is CCOc1ccc(Cl)cc1NC(=O)c1cc(F)c(C)c([N+](=O)[O-])c1. The molecule has 0 radical (unpaired) electrons. The van der Waals surface area contributed by atoms with Gasteiger partial charge in [-0.05, 0) is 38.1 Å². The largest absolute Gasteiger partial charge is 0.492 e. The topological polar surface area (TPSA) is 81.5 Å². The number of anilines is 1. The maximum absolute atomic E-state index is 13.8. The molecular formula is C16H14ClFN2O4. The number of benzene rings is 2. The van der Waals surface area contributed by atoms with E-state index >= 15 is 0 Å². The first kappa shape index (κ1) is 17.7. The molecule has 0 fully saturated rings. The number of carbonyl (C=O) groups excluding carboxylic acids is 1. The van der Waals surface area contributed by atoms with Crippen molar-refractivity contribution < 1.29 is 18.8 Å². The monoisotopic (exact) mass is 352 g/mol. The smallest absolute Gasteiger partial charge is 0.276 e. The van der Waals surface area contributed by atoms with E-state index in [0.717, 1.165) is 12.1 Å². The lowest BCUT2D eigenvalue weighted by Gasteiger charge is -2.12. The lowest BCUT2D eigenvalue weighted by molar-refractivity contribution is -0.385. The summed E-state index contributed by atoms with van der Waals surface area (Å²) >= 11 is 5.90. The van der Waals surface area contributed by atoms with Crippen LogP contribution in [0.1, 0.15) is 22.8 Å². The van der Waals surface area contributed by atoms with E-state index in [2.05, 4.69) is 5.32 Å². The highest BCUT2D eigenvalue weighted by atomic mass is 35.5. The van der Waals surface area contributed by atoms with Crippen molar-refractivity contribution in [2.75, 3.05) is 11.9 Å². The molecule has 2 aromatic rings. The van der Waals surface area contributed by atoms with Crippen LogP contribution >= 0.6 is 11.6 Å². The minimum Gasteiger partial charge on any atom is -0.492 e. The summed E-state index contributed by atoms with van der Waals surface area (Å²) in [4.78, 5) is 22.5. The second kappa shape index (κ2) is 7.27. The van der Waals surface area contributed by atoms with Gasteiger partial charge in [0.15, 0.2) is 0 Å². The van der Waals surface area contributed by atoms with Crippen LogP contribution in [0.5, 0.6) is 5.75 Å². The molecule has 0 spiro atoms. The Morgan fingerprint density at radius 2 is 2.08 bits per heavy atom. The number of nitrogens with one attached hydrogen (secondary N) is 1. The molecule has 2 aromatic carbocycles.